The molecule has 2 aromatic carbocycles. The molecule has 0 aromatic heterocycles. The Hall–Kier alpha value is -2.65. The fourth-order valence-electron chi connectivity index (χ4n) is 3.20. The number of benzene rings is 2. The van der Waals surface area contributed by atoms with Gasteiger partial charge in [0.1, 0.15) is 18.4 Å². The van der Waals surface area contributed by atoms with Crippen molar-refractivity contribution in [1.82, 2.24) is 10.2 Å². The molecular weight excluding hydrogens is 469 g/mol. The zero-order valence-electron chi connectivity index (χ0n) is 19.1. The molecule has 0 aliphatic rings. The van der Waals surface area contributed by atoms with Crippen molar-refractivity contribution in [3.63, 3.8) is 0 Å². The second-order valence-electron chi connectivity index (χ2n) is 7.78. The smallest absolute Gasteiger partial charge is 0.244 e. The minimum absolute atomic E-state index is 0.0520. The number of anilines is 1. The predicted molar refractivity (Wildman–Crippen MR) is 128 cm³/mol. The minimum atomic E-state index is -3.91. The third-order valence-corrected chi connectivity index (χ3v) is 6.62. The largest absolute Gasteiger partial charge is 0.354 e. The van der Waals surface area contributed by atoms with E-state index in [-0.39, 0.29) is 23.2 Å². The first-order chi connectivity index (χ1) is 15.5. The van der Waals surface area contributed by atoms with Crippen molar-refractivity contribution in [3.05, 3.63) is 64.4 Å². The molecule has 0 aliphatic carbocycles. The lowest BCUT2D eigenvalue weighted by molar-refractivity contribution is -0.139. The molecule has 33 heavy (non-hydrogen) atoms. The molecule has 0 saturated carbocycles. The van der Waals surface area contributed by atoms with Crippen LogP contribution >= 0.6 is 11.6 Å². The van der Waals surface area contributed by atoms with E-state index in [2.05, 4.69) is 5.32 Å². The molecular formula is C23H29ClFN3O4S. The van der Waals surface area contributed by atoms with Crippen LogP contribution in [0.25, 0.3) is 0 Å². The first-order valence-electron chi connectivity index (χ1n) is 10.5. The summed E-state index contributed by atoms with van der Waals surface area (Å²) >= 11 is 5.83. The summed E-state index contributed by atoms with van der Waals surface area (Å²) in [4.78, 5) is 27.4. The third-order valence-electron chi connectivity index (χ3n) is 5.19. The van der Waals surface area contributed by atoms with Crippen molar-refractivity contribution in [3.8, 4) is 0 Å². The van der Waals surface area contributed by atoms with Gasteiger partial charge in [0.05, 0.1) is 17.0 Å². The zero-order chi connectivity index (χ0) is 24.8. The van der Waals surface area contributed by atoms with Crippen molar-refractivity contribution < 1.29 is 22.4 Å². The lowest BCUT2D eigenvalue weighted by Gasteiger charge is -2.32. The molecule has 10 heteroatoms. The molecule has 2 rings (SSSR count). The SMILES string of the molecule is CCCNC(=O)[C@@H](C)N(Cc1ccccc1C)C(=O)CN(c1ccc(F)c(Cl)c1)S(C)(=O)=O. The lowest BCUT2D eigenvalue weighted by atomic mass is 10.1. The average Bonchev–Trinajstić information content (AvgIpc) is 2.75. The Morgan fingerprint density at radius 3 is 2.42 bits per heavy atom. The van der Waals surface area contributed by atoms with E-state index in [4.69, 9.17) is 11.6 Å². The maximum atomic E-state index is 13.6. The monoisotopic (exact) mass is 497 g/mol. The molecule has 0 radical (unpaired) electrons. The number of carbonyl (C=O) groups excluding carboxylic acids is 2. The first-order valence-corrected chi connectivity index (χ1v) is 12.7. The summed E-state index contributed by atoms with van der Waals surface area (Å²) in [6.45, 7) is 5.41. The summed E-state index contributed by atoms with van der Waals surface area (Å²) in [5.74, 6) is -1.62. The highest BCUT2D eigenvalue weighted by atomic mass is 35.5. The van der Waals surface area contributed by atoms with E-state index in [0.717, 1.165) is 40.2 Å². The predicted octanol–water partition coefficient (Wildman–Crippen LogP) is 3.50. The van der Waals surface area contributed by atoms with Gasteiger partial charge in [0.2, 0.25) is 21.8 Å². The van der Waals surface area contributed by atoms with Gasteiger partial charge in [-0.25, -0.2) is 12.8 Å². The number of nitrogens with one attached hydrogen (secondary N) is 1. The summed E-state index contributed by atoms with van der Waals surface area (Å²) in [5, 5.41) is 2.51. The van der Waals surface area contributed by atoms with Gasteiger partial charge in [-0.2, -0.15) is 0 Å². The molecule has 0 fully saturated rings. The molecule has 180 valence electrons. The van der Waals surface area contributed by atoms with Crippen molar-refractivity contribution in [2.45, 2.75) is 39.8 Å². The van der Waals surface area contributed by atoms with Gasteiger partial charge < -0.3 is 10.2 Å². The Balaban J connectivity index is 2.40. The van der Waals surface area contributed by atoms with Crippen LogP contribution in [-0.4, -0.2) is 50.5 Å². The van der Waals surface area contributed by atoms with Gasteiger partial charge >= 0.3 is 0 Å². The maximum Gasteiger partial charge on any atom is 0.244 e. The van der Waals surface area contributed by atoms with Crippen LogP contribution in [0, 0.1) is 12.7 Å². The van der Waals surface area contributed by atoms with E-state index in [1.165, 1.54) is 11.0 Å². The summed E-state index contributed by atoms with van der Waals surface area (Å²) in [6, 6.07) is 10.0. The van der Waals surface area contributed by atoms with E-state index in [0.29, 0.717) is 6.54 Å². The molecule has 1 N–H and O–H groups in total. The number of amides is 2. The van der Waals surface area contributed by atoms with Gasteiger partial charge in [-0.3, -0.25) is 13.9 Å². The summed E-state index contributed by atoms with van der Waals surface area (Å²) in [5.41, 5.74) is 1.81. The summed E-state index contributed by atoms with van der Waals surface area (Å²) < 4.78 is 39.4. The Morgan fingerprint density at radius 1 is 1.18 bits per heavy atom. The van der Waals surface area contributed by atoms with Gasteiger partial charge in [-0.1, -0.05) is 42.8 Å². The normalized spacial score (nSPS) is 12.2. The third kappa shape index (κ3) is 7.17. The van der Waals surface area contributed by atoms with Crippen LogP contribution in [0.3, 0.4) is 0 Å². The van der Waals surface area contributed by atoms with Gasteiger partial charge in [-0.05, 0) is 49.6 Å². The molecule has 0 heterocycles. The number of hydrogen-bond donors (Lipinski definition) is 1. The highest BCUT2D eigenvalue weighted by molar-refractivity contribution is 7.92. The lowest BCUT2D eigenvalue weighted by Crippen LogP contribution is -2.51. The molecule has 0 unspecified atom stereocenters. The molecule has 2 aromatic rings. The number of nitrogens with zero attached hydrogens (tertiary/aromatic N) is 2. The van der Waals surface area contributed by atoms with Crippen molar-refractivity contribution in [2.24, 2.45) is 0 Å². The van der Waals surface area contributed by atoms with E-state index in [9.17, 15) is 22.4 Å². The van der Waals surface area contributed by atoms with Crippen LogP contribution in [-0.2, 0) is 26.2 Å². The summed E-state index contributed by atoms with van der Waals surface area (Å²) in [7, 11) is -3.91. The number of rotatable bonds is 10. The number of sulfonamides is 1. The highest BCUT2D eigenvalue weighted by Crippen LogP contribution is 2.25. The quantitative estimate of drug-likeness (QED) is 0.544. The highest BCUT2D eigenvalue weighted by Gasteiger charge is 2.30. The Labute approximate surface area is 199 Å². The topological polar surface area (TPSA) is 86.8 Å². The number of aryl methyl sites for hydroxylation is 1. The fraction of sp³-hybridized carbons (Fsp3) is 0.391. The maximum absolute atomic E-state index is 13.6. The molecule has 0 saturated heterocycles. The van der Waals surface area contributed by atoms with Crippen molar-refractivity contribution in [2.75, 3.05) is 23.7 Å². The molecule has 2 amide bonds. The van der Waals surface area contributed by atoms with Crippen LogP contribution in [0.1, 0.15) is 31.4 Å². The van der Waals surface area contributed by atoms with Crippen LogP contribution in [0.5, 0.6) is 0 Å². The molecule has 1 atom stereocenters. The summed E-state index contributed by atoms with van der Waals surface area (Å²) in [6.07, 6.45) is 1.68. The number of carbonyl (C=O) groups is 2. The van der Waals surface area contributed by atoms with Crippen LogP contribution in [0.15, 0.2) is 42.5 Å². The van der Waals surface area contributed by atoms with Gasteiger partial charge in [-0.15, -0.1) is 0 Å². The first kappa shape index (κ1) is 26.6. The number of halogens is 2. The minimum Gasteiger partial charge on any atom is -0.354 e. The average molecular weight is 498 g/mol. The van der Waals surface area contributed by atoms with Crippen LogP contribution in [0.2, 0.25) is 5.02 Å². The Kier molecular flexibility index (Phi) is 9.25. The van der Waals surface area contributed by atoms with E-state index in [1.54, 1.807) is 6.92 Å². The van der Waals surface area contributed by atoms with Crippen LogP contribution in [0.4, 0.5) is 10.1 Å². The zero-order valence-corrected chi connectivity index (χ0v) is 20.7. The number of hydrogen-bond acceptors (Lipinski definition) is 4. The van der Waals surface area contributed by atoms with Crippen molar-refractivity contribution in [1.29, 1.82) is 0 Å². The molecule has 0 bridgehead atoms. The Bertz CT molecular complexity index is 1110. The second-order valence-corrected chi connectivity index (χ2v) is 10.1. The van der Waals surface area contributed by atoms with Crippen LogP contribution < -0.4 is 9.62 Å². The van der Waals surface area contributed by atoms with E-state index < -0.39 is 34.3 Å². The van der Waals surface area contributed by atoms with E-state index >= 15 is 0 Å². The molecule has 0 spiro atoms. The second kappa shape index (κ2) is 11.5. The Morgan fingerprint density at radius 2 is 1.85 bits per heavy atom. The van der Waals surface area contributed by atoms with Gasteiger partial charge in [0, 0.05) is 13.1 Å². The standard InChI is InChI=1S/C23H29ClFN3O4S/c1-5-12-26-23(30)17(3)27(14-18-9-7-6-8-16(18)2)22(29)15-28(33(4,31)32)19-10-11-21(25)20(24)13-19/h6-11,13,17H,5,12,14-15H2,1-4H3,(H,26,30)/t17-/m1/s1. The molecule has 7 nitrogen and oxygen atoms in total. The molecule has 0 aliphatic heterocycles. The van der Waals surface area contributed by atoms with Gasteiger partial charge in [0.25, 0.3) is 0 Å². The van der Waals surface area contributed by atoms with E-state index in [1.807, 2.05) is 38.1 Å². The van der Waals surface area contributed by atoms with Crippen molar-refractivity contribution >= 4 is 39.1 Å². The van der Waals surface area contributed by atoms with Gasteiger partial charge in [0.15, 0.2) is 0 Å². The fourth-order valence-corrected chi connectivity index (χ4v) is 4.22.